The topological polar surface area (TPSA) is 33.2 Å². The summed E-state index contributed by atoms with van der Waals surface area (Å²) in [7, 11) is 0. The van der Waals surface area contributed by atoms with Crippen LogP contribution in [-0.4, -0.2) is 28.9 Å². The number of rotatable bonds is 4. The molecule has 2 fully saturated rings. The van der Waals surface area contributed by atoms with Gasteiger partial charge in [0.05, 0.1) is 5.52 Å². The number of nitrogens with zero attached hydrogens (tertiary/aromatic N) is 2. The van der Waals surface area contributed by atoms with Gasteiger partial charge in [-0.2, -0.15) is 0 Å². The second-order valence-electron chi connectivity index (χ2n) is 9.16. The molecular weight excluding hydrogens is 368 g/mol. The third-order valence-electron chi connectivity index (χ3n) is 7.26. The molecule has 3 aromatic rings. The van der Waals surface area contributed by atoms with Crippen molar-refractivity contribution in [3.05, 3.63) is 65.9 Å². The van der Waals surface area contributed by atoms with E-state index in [4.69, 9.17) is 0 Å². The molecule has 2 aliphatic rings. The van der Waals surface area contributed by atoms with E-state index in [0.29, 0.717) is 23.7 Å². The fraction of sp³-hybridized carbons (Fsp3) is 0.407. The summed E-state index contributed by atoms with van der Waals surface area (Å²) >= 11 is 0. The number of benzene rings is 2. The lowest BCUT2D eigenvalue weighted by molar-refractivity contribution is -0.134. The molecule has 0 radical (unpaired) electrons. The Morgan fingerprint density at radius 2 is 1.73 bits per heavy atom. The number of pyridine rings is 1. The van der Waals surface area contributed by atoms with Crippen LogP contribution >= 0.6 is 0 Å². The first kappa shape index (κ1) is 19.3. The molecule has 1 saturated heterocycles. The van der Waals surface area contributed by atoms with Gasteiger partial charge in [-0.25, -0.2) is 0 Å². The van der Waals surface area contributed by atoms with E-state index in [9.17, 15) is 4.79 Å². The van der Waals surface area contributed by atoms with Gasteiger partial charge >= 0.3 is 0 Å². The van der Waals surface area contributed by atoms with Crippen molar-refractivity contribution in [3.63, 3.8) is 0 Å². The van der Waals surface area contributed by atoms with E-state index >= 15 is 0 Å². The summed E-state index contributed by atoms with van der Waals surface area (Å²) in [4.78, 5) is 19.0. The van der Waals surface area contributed by atoms with Crippen molar-refractivity contribution >= 4 is 16.8 Å². The van der Waals surface area contributed by atoms with Gasteiger partial charge in [-0.15, -0.1) is 0 Å². The predicted octanol–water partition coefficient (Wildman–Crippen LogP) is 5.96. The van der Waals surface area contributed by atoms with Crippen molar-refractivity contribution < 1.29 is 4.79 Å². The zero-order valence-corrected chi connectivity index (χ0v) is 18.0. The molecule has 1 saturated carbocycles. The standard InChI is InChI=1S/C27H30N2O/c1-18(21-13-16-29(17-14-21)27(30)24-9-10-24)20-5-7-22(8-6-20)25-12-11-23-4-3-15-28-26(23)19(25)2/h3-8,11-12,15,18,21,24H,9-10,13-14,16-17H2,1-2H3. The van der Waals surface area contributed by atoms with E-state index < -0.39 is 0 Å². The Labute approximate surface area is 179 Å². The number of hydrogen-bond acceptors (Lipinski definition) is 2. The lowest BCUT2D eigenvalue weighted by Crippen LogP contribution is -2.40. The van der Waals surface area contributed by atoms with Crippen LogP contribution in [0, 0.1) is 18.8 Å². The van der Waals surface area contributed by atoms with Gasteiger partial charge in [-0.05, 0) is 72.8 Å². The lowest BCUT2D eigenvalue weighted by Gasteiger charge is -2.35. The van der Waals surface area contributed by atoms with Crippen LogP contribution in [0.5, 0.6) is 0 Å². The molecule has 1 aromatic heterocycles. The molecule has 2 aromatic carbocycles. The predicted molar refractivity (Wildman–Crippen MR) is 122 cm³/mol. The number of aryl methyl sites for hydroxylation is 1. The summed E-state index contributed by atoms with van der Waals surface area (Å²) in [6.07, 6.45) is 6.32. The minimum atomic E-state index is 0.347. The van der Waals surface area contributed by atoms with Crippen LogP contribution in [0.3, 0.4) is 0 Å². The number of aromatic nitrogens is 1. The molecule has 154 valence electrons. The van der Waals surface area contributed by atoms with E-state index in [1.165, 1.54) is 27.6 Å². The fourth-order valence-electron chi connectivity index (χ4n) is 5.05. The number of fused-ring (bicyclic) bond motifs is 1. The zero-order valence-electron chi connectivity index (χ0n) is 18.0. The number of carbonyl (C=O) groups is 1. The molecule has 0 spiro atoms. The van der Waals surface area contributed by atoms with Gasteiger partial charge in [0.15, 0.2) is 0 Å². The Morgan fingerprint density at radius 1 is 1.00 bits per heavy atom. The van der Waals surface area contributed by atoms with Gasteiger partial charge in [-0.1, -0.05) is 49.4 Å². The van der Waals surface area contributed by atoms with Crippen LogP contribution in [0.25, 0.3) is 22.0 Å². The molecule has 1 unspecified atom stereocenters. The van der Waals surface area contributed by atoms with Gasteiger partial charge in [0.2, 0.25) is 5.91 Å². The Bertz CT molecular complexity index is 1060. The molecule has 1 aliphatic heterocycles. The highest BCUT2D eigenvalue weighted by Gasteiger charge is 2.35. The smallest absolute Gasteiger partial charge is 0.225 e. The average Bonchev–Trinajstić information content (AvgIpc) is 3.64. The van der Waals surface area contributed by atoms with Gasteiger partial charge in [0.1, 0.15) is 0 Å². The Morgan fingerprint density at radius 3 is 2.43 bits per heavy atom. The molecular formula is C27H30N2O. The highest BCUT2D eigenvalue weighted by molar-refractivity contribution is 5.88. The monoisotopic (exact) mass is 398 g/mol. The normalized spacial score (nSPS) is 18.5. The van der Waals surface area contributed by atoms with Crippen molar-refractivity contribution in [1.82, 2.24) is 9.88 Å². The maximum atomic E-state index is 12.3. The van der Waals surface area contributed by atoms with Gasteiger partial charge in [0, 0.05) is 30.6 Å². The highest BCUT2D eigenvalue weighted by atomic mass is 16.2. The molecule has 3 nitrogen and oxygen atoms in total. The maximum Gasteiger partial charge on any atom is 0.225 e. The van der Waals surface area contributed by atoms with Crippen molar-refractivity contribution in [3.8, 4) is 11.1 Å². The second kappa shape index (κ2) is 7.86. The maximum absolute atomic E-state index is 12.3. The number of hydrogen-bond donors (Lipinski definition) is 0. The van der Waals surface area contributed by atoms with Crippen LogP contribution in [0.2, 0.25) is 0 Å². The molecule has 30 heavy (non-hydrogen) atoms. The lowest BCUT2D eigenvalue weighted by atomic mass is 9.81. The first-order valence-electron chi connectivity index (χ1n) is 11.4. The first-order chi connectivity index (χ1) is 14.6. The quantitative estimate of drug-likeness (QED) is 0.543. The second-order valence-corrected chi connectivity index (χ2v) is 9.16. The number of amides is 1. The van der Waals surface area contributed by atoms with Gasteiger partial charge < -0.3 is 4.90 Å². The van der Waals surface area contributed by atoms with E-state index in [-0.39, 0.29) is 0 Å². The minimum absolute atomic E-state index is 0.347. The van der Waals surface area contributed by atoms with Gasteiger partial charge in [0.25, 0.3) is 0 Å². The molecule has 2 heterocycles. The zero-order chi connectivity index (χ0) is 20.7. The Hall–Kier alpha value is -2.68. The van der Waals surface area contributed by atoms with E-state index in [0.717, 1.165) is 44.3 Å². The van der Waals surface area contributed by atoms with Crippen LogP contribution < -0.4 is 0 Å². The molecule has 5 rings (SSSR count). The van der Waals surface area contributed by atoms with Crippen LogP contribution in [0.1, 0.15) is 49.7 Å². The number of likely N-dealkylation sites (tertiary alicyclic amines) is 1. The minimum Gasteiger partial charge on any atom is -0.342 e. The third-order valence-corrected chi connectivity index (χ3v) is 7.26. The van der Waals surface area contributed by atoms with E-state index in [2.05, 4.69) is 66.2 Å². The summed E-state index contributed by atoms with van der Waals surface area (Å²) in [6, 6.07) is 17.6. The van der Waals surface area contributed by atoms with Crippen LogP contribution in [-0.2, 0) is 4.79 Å². The number of carbonyl (C=O) groups excluding carboxylic acids is 1. The average molecular weight is 399 g/mol. The molecule has 3 heteroatoms. The largest absolute Gasteiger partial charge is 0.342 e. The van der Waals surface area contributed by atoms with Crippen molar-refractivity contribution in [2.24, 2.45) is 11.8 Å². The molecule has 0 N–H and O–H groups in total. The van der Waals surface area contributed by atoms with E-state index in [1.54, 1.807) is 0 Å². The van der Waals surface area contributed by atoms with Crippen molar-refractivity contribution in [2.45, 2.75) is 45.4 Å². The third kappa shape index (κ3) is 3.62. The molecule has 0 bridgehead atoms. The summed E-state index contributed by atoms with van der Waals surface area (Å²) < 4.78 is 0. The van der Waals surface area contributed by atoms with Crippen molar-refractivity contribution in [2.75, 3.05) is 13.1 Å². The summed E-state index contributed by atoms with van der Waals surface area (Å²) in [5.74, 6) is 1.94. The number of piperidine rings is 1. The summed E-state index contributed by atoms with van der Waals surface area (Å²) in [6.45, 7) is 6.39. The molecule has 1 aliphatic carbocycles. The van der Waals surface area contributed by atoms with E-state index in [1.807, 2.05) is 12.3 Å². The summed E-state index contributed by atoms with van der Waals surface area (Å²) in [5.41, 5.74) is 6.23. The Balaban J connectivity index is 1.29. The fourth-order valence-corrected chi connectivity index (χ4v) is 5.05. The molecule has 1 atom stereocenters. The van der Waals surface area contributed by atoms with Crippen LogP contribution in [0.4, 0.5) is 0 Å². The Kier molecular flexibility index (Phi) is 5.06. The summed E-state index contributed by atoms with van der Waals surface area (Å²) in [5, 5.41) is 1.19. The molecule has 1 amide bonds. The SMILES string of the molecule is Cc1c(-c2ccc(C(C)C3CCN(C(=O)C4CC4)CC3)cc2)ccc2cccnc12. The van der Waals surface area contributed by atoms with Gasteiger partial charge in [-0.3, -0.25) is 9.78 Å². The van der Waals surface area contributed by atoms with Crippen molar-refractivity contribution in [1.29, 1.82) is 0 Å². The first-order valence-corrected chi connectivity index (χ1v) is 11.4. The van der Waals surface area contributed by atoms with Crippen LogP contribution in [0.15, 0.2) is 54.7 Å². The highest BCUT2D eigenvalue weighted by Crippen LogP contribution is 2.37.